The summed E-state index contributed by atoms with van der Waals surface area (Å²) in [4.78, 5) is 0. The number of phenolic OH excluding ortho intramolecular Hbond substituents is 1. The number of nitrogens with one attached hydrogen (secondary N) is 1. The Morgan fingerprint density at radius 1 is 1.26 bits per heavy atom. The third-order valence-electron chi connectivity index (χ3n) is 4.24. The van der Waals surface area contributed by atoms with Crippen LogP contribution in [0.5, 0.6) is 5.75 Å². The second kappa shape index (κ2) is 7.54. The molecule has 1 aliphatic rings. The molecule has 1 aromatic rings. The lowest BCUT2D eigenvalue weighted by Gasteiger charge is -2.31. The van der Waals surface area contributed by atoms with Crippen LogP contribution in [0.15, 0.2) is 24.3 Å². The molecular weight excluding hydrogens is 234 g/mol. The molecule has 1 unspecified atom stereocenters. The first-order valence-electron chi connectivity index (χ1n) is 7.81. The van der Waals surface area contributed by atoms with Crippen molar-refractivity contribution in [1.29, 1.82) is 0 Å². The largest absolute Gasteiger partial charge is 0.508 e. The van der Waals surface area contributed by atoms with Gasteiger partial charge in [-0.15, -0.1) is 0 Å². The van der Waals surface area contributed by atoms with Crippen molar-refractivity contribution in [1.82, 2.24) is 5.32 Å². The third kappa shape index (κ3) is 4.54. The molecule has 19 heavy (non-hydrogen) atoms. The Bertz CT molecular complexity index is 371. The fourth-order valence-corrected chi connectivity index (χ4v) is 3.21. The zero-order valence-corrected chi connectivity index (χ0v) is 12.1. The van der Waals surface area contributed by atoms with E-state index in [1.165, 1.54) is 44.1 Å². The number of aromatic hydroxyl groups is 1. The van der Waals surface area contributed by atoms with E-state index < -0.39 is 0 Å². The topological polar surface area (TPSA) is 32.3 Å². The second-order valence-electron chi connectivity index (χ2n) is 5.83. The highest BCUT2D eigenvalue weighted by Crippen LogP contribution is 2.28. The quantitative estimate of drug-likeness (QED) is 0.814. The molecule has 0 aliphatic heterocycles. The summed E-state index contributed by atoms with van der Waals surface area (Å²) in [7, 11) is 0. The van der Waals surface area contributed by atoms with Crippen LogP contribution in [-0.2, 0) is 6.42 Å². The molecule has 0 bridgehead atoms. The summed E-state index contributed by atoms with van der Waals surface area (Å²) in [5.41, 5.74) is 1.25. The Balaban J connectivity index is 1.99. The number of phenols is 1. The van der Waals surface area contributed by atoms with Gasteiger partial charge in [-0.05, 0) is 55.8 Å². The lowest BCUT2D eigenvalue weighted by molar-refractivity contribution is 0.267. The summed E-state index contributed by atoms with van der Waals surface area (Å²) in [6, 6.07) is 8.30. The first-order valence-corrected chi connectivity index (χ1v) is 7.81. The molecule has 0 saturated heterocycles. The minimum Gasteiger partial charge on any atom is -0.508 e. The summed E-state index contributed by atoms with van der Waals surface area (Å²) in [6.07, 6.45) is 9.12. The highest BCUT2D eigenvalue weighted by molar-refractivity contribution is 5.27. The molecule has 0 radical (unpaired) electrons. The molecule has 1 fully saturated rings. The Morgan fingerprint density at radius 3 is 2.74 bits per heavy atom. The fourth-order valence-electron chi connectivity index (χ4n) is 3.21. The Kier molecular flexibility index (Phi) is 5.71. The molecule has 1 aromatic carbocycles. The molecule has 1 aliphatic carbocycles. The van der Waals surface area contributed by atoms with Gasteiger partial charge in [0.1, 0.15) is 5.75 Å². The molecular formula is C17H27NO. The summed E-state index contributed by atoms with van der Waals surface area (Å²) >= 11 is 0. The Labute approximate surface area is 117 Å². The van der Waals surface area contributed by atoms with Crippen LogP contribution < -0.4 is 5.32 Å². The maximum atomic E-state index is 9.59. The molecule has 2 rings (SSSR count). The van der Waals surface area contributed by atoms with Crippen LogP contribution in [0.25, 0.3) is 0 Å². The van der Waals surface area contributed by atoms with E-state index in [-0.39, 0.29) is 0 Å². The maximum absolute atomic E-state index is 9.59. The number of benzene rings is 1. The van der Waals surface area contributed by atoms with Crippen molar-refractivity contribution in [2.24, 2.45) is 5.92 Å². The lowest BCUT2D eigenvalue weighted by atomic mass is 9.81. The summed E-state index contributed by atoms with van der Waals surface area (Å²) in [6.45, 7) is 3.32. The zero-order valence-electron chi connectivity index (χ0n) is 12.1. The van der Waals surface area contributed by atoms with Crippen molar-refractivity contribution in [3.63, 3.8) is 0 Å². The van der Waals surface area contributed by atoms with Crippen molar-refractivity contribution in [3.05, 3.63) is 29.8 Å². The van der Waals surface area contributed by atoms with Gasteiger partial charge in [0, 0.05) is 6.04 Å². The molecule has 1 saturated carbocycles. The van der Waals surface area contributed by atoms with Crippen LogP contribution >= 0.6 is 0 Å². The van der Waals surface area contributed by atoms with Gasteiger partial charge in [0.15, 0.2) is 0 Å². The number of hydrogen-bond donors (Lipinski definition) is 2. The van der Waals surface area contributed by atoms with Crippen molar-refractivity contribution in [2.75, 3.05) is 6.54 Å². The van der Waals surface area contributed by atoms with E-state index in [1.807, 2.05) is 12.1 Å². The third-order valence-corrected chi connectivity index (χ3v) is 4.24. The number of hydrogen-bond acceptors (Lipinski definition) is 2. The molecule has 0 spiro atoms. The van der Waals surface area contributed by atoms with Crippen molar-refractivity contribution in [3.8, 4) is 5.75 Å². The van der Waals surface area contributed by atoms with Crippen molar-refractivity contribution >= 4 is 0 Å². The highest BCUT2D eigenvalue weighted by atomic mass is 16.3. The molecule has 1 atom stereocenters. The van der Waals surface area contributed by atoms with Gasteiger partial charge in [0.2, 0.25) is 0 Å². The van der Waals surface area contributed by atoms with Crippen LogP contribution in [0.3, 0.4) is 0 Å². The second-order valence-corrected chi connectivity index (χ2v) is 5.83. The zero-order chi connectivity index (χ0) is 13.5. The van der Waals surface area contributed by atoms with E-state index in [4.69, 9.17) is 0 Å². The van der Waals surface area contributed by atoms with Gasteiger partial charge in [-0.3, -0.25) is 0 Å². The van der Waals surface area contributed by atoms with Crippen LogP contribution in [0.4, 0.5) is 0 Å². The predicted octanol–water partition coefficient (Wildman–Crippen LogP) is 3.88. The summed E-state index contributed by atoms with van der Waals surface area (Å²) < 4.78 is 0. The predicted molar refractivity (Wildman–Crippen MR) is 80.5 cm³/mol. The monoisotopic (exact) mass is 261 g/mol. The van der Waals surface area contributed by atoms with Crippen LogP contribution in [0, 0.1) is 5.92 Å². The van der Waals surface area contributed by atoms with Gasteiger partial charge in [-0.2, -0.15) is 0 Å². The molecule has 106 valence electrons. The Morgan fingerprint density at radius 2 is 2.05 bits per heavy atom. The van der Waals surface area contributed by atoms with E-state index >= 15 is 0 Å². The molecule has 0 aromatic heterocycles. The SMILES string of the molecule is CCCNC(Cc1cccc(O)c1)C1CCCCC1. The molecule has 0 heterocycles. The minimum absolute atomic E-state index is 0.385. The fraction of sp³-hybridized carbons (Fsp3) is 0.647. The van der Waals surface area contributed by atoms with E-state index in [1.54, 1.807) is 6.07 Å². The molecule has 2 N–H and O–H groups in total. The van der Waals surface area contributed by atoms with E-state index in [0.717, 1.165) is 18.9 Å². The van der Waals surface area contributed by atoms with Crippen LogP contribution in [0.1, 0.15) is 51.0 Å². The smallest absolute Gasteiger partial charge is 0.115 e. The minimum atomic E-state index is 0.385. The normalized spacial score (nSPS) is 18.4. The standard InChI is InChI=1S/C17H27NO/c1-2-11-18-17(15-8-4-3-5-9-15)13-14-7-6-10-16(19)12-14/h6-7,10,12,15,17-19H,2-5,8-9,11,13H2,1H3. The average molecular weight is 261 g/mol. The van der Waals surface area contributed by atoms with Crippen molar-refractivity contribution in [2.45, 2.75) is 57.9 Å². The van der Waals surface area contributed by atoms with Gasteiger partial charge in [-0.25, -0.2) is 0 Å². The van der Waals surface area contributed by atoms with Crippen LogP contribution in [0.2, 0.25) is 0 Å². The van der Waals surface area contributed by atoms with E-state index in [9.17, 15) is 5.11 Å². The van der Waals surface area contributed by atoms with Gasteiger partial charge in [-0.1, -0.05) is 38.3 Å². The molecule has 0 amide bonds. The van der Waals surface area contributed by atoms with Gasteiger partial charge >= 0.3 is 0 Å². The van der Waals surface area contributed by atoms with Crippen molar-refractivity contribution < 1.29 is 5.11 Å². The van der Waals surface area contributed by atoms with Gasteiger partial charge in [0.05, 0.1) is 0 Å². The van der Waals surface area contributed by atoms with Gasteiger partial charge in [0.25, 0.3) is 0 Å². The summed E-state index contributed by atoms with van der Waals surface area (Å²) in [5, 5.41) is 13.3. The number of rotatable bonds is 6. The van der Waals surface area contributed by atoms with E-state index in [0.29, 0.717) is 11.8 Å². The average Bonchev–Trinajstić information content (AvgIpc) is 2.44. The first-order chi connectivity index (χ1) is 9.29. The summed E-state index contributed by atoms with van der Waals surface area (Å²) in [5.74, 6) is 1.19. The Hall–Kier alpha value is -1.02. The molecule has 2 nitrogen and oxygen atoms in total. The first kappa shape index (κ1) is 14.4. The van der Waals surface area contributed by atoms with Gasteiger partial charge < -0.3 is 10.4 Å². The van der Waals surface area contributed by atoms with Crippen LogP contribution in [-0.4, -0.2) is 17.7 Å². The maximum Gasteiger partial charge on any atom is 0.115 e. The lowest BCUT2D eigenvalue weighted by Crippen LogP contribution is -2.39. The van der Waals surface area contributed by atoms with E-state index in [2.05, 4.69) is 18.3 Å². The molecule has 2 heteroatoms. The highest BCUT2D eigenvalue weighted by Gasteiger charge is 2.23.